The van der Waals surface area contributed by atoms with Gasteiger partial charge in [-0.15, -0.1) is 0 Å². The fraction of sp³-hybridized carbons (Fsp3) is 0.429. The molecule has 1 amide bonds. The monoisotopic (exact) mass is 313 g/mol. The molecule has 2 N–H and O–H groups in total. The van der Waals surface area contributed by atoms with Gasteiger partial charge in [0, 0.05) is 0 Å². The minimum atomic E-state index is -1.06. The standard InChI is InChI=1S/C14H19NO5S/c1-19-10-5-4-6-11(20-2)12(10)13(16)15-9(14(17)18)7-8-21-3/h4-6,9H,7-8H2,1-3H3,(H,15,16)(H,17,18). The number of rotatable bonds is 8. The van der Waals surface area contributed by atoms with E-state index in [0.717, 1.165) is 0 Å². The zero-order chi connectivity index (χ0) is 15.8. The Morgan fingerprint density at radius 3 is 2.29 bits per heavy atom. The van der Waals surface area contributed by atoms with Crippen molar-refractivity contribution in [3.8, 4) is 11.5 Å². The Labute approximate surface area is 127 Å². The van der Waals surface area contributed by atoms with Gasteiger partial charge in [-0.1, -0.05) is 6.07 Å². The van der Waals surface area contributed by atoms with Crippen molar-refractivity contribution >= 4 is 23.6 Å². The van der Waals surface area contributed by atoms with Crippen molar-refractivity contribution in [2.75, 3.05) is 26.2 Å². The number of carboxylic acid groups (broad SMARTS) is 1. The molecule has 0 heterocycles. The molecule has 1 atom stereocenters. The van der Waals surface area contributed by atoms with Gasteiger partial charge < -0.3 is 19.9 Å². The van der Waals surface area contributed by atoms with Gasteiger partial charge in [-0.25, -0.2) is 4.79 Å². The van der Waals surface area contributed by atoms with Crippen molar-refractivity contribution in [2.24, 2.45) is 0 Å². The minimum Gasteiger partial charge on any atom is -0.496 e. The number of aliphatic carboxylic acids is 1. The highest BCUT2D eigenvalue weighted by Crippen LogP contribution is 2.28. The van der Waals surface area contributed by atoms with Gasteiger partial charge in [-0.3, -0.25) is 4.79 Å². The van der Waals surface area contributed by atoms with Gasteiger partial charge in [-0.05, 0) is 30.6 Å². The lowest BCUT2D eigenvalue weighted by Gasteiger charge is -2.17. The number of thioether (sulfide) groups is 1. The largest absolute Gasteiger partial charge is 0.496 e. The first-order chi connectivity index (χ1) is 10.0. The van der Waals surface area contributed by atoms with Crippen molar-refractivity contribution in [1.82, 2.24) is 5.32 Å². The van der Waals surface area contributed by atoms with Crippen molar-refractivity contribution in [3.63, 3.8) is 0 Å². The van der Waals surface area contributed by atoms with Crippen molar-refractivity contribution in [1.29, 1.82) is 0 Å². The number of benzene rings is 1. The van der Waals surface area contributed by atoms with Gasteiger partial charge in [0.25, 0.3) is 5.91 Å². The Balaban J connectivity index is 2.99. The number of ether oxygens (including phenoxy) is 2. The summed E-state index contributed by atoms with van der Waals surface area (Å²) in [7, 11) is 2.88. The summed E-state index contributed by atoms with van der Waals surface area (Å²) < 4.78 is 10.3. The SMILES string of the molecule is COc1cccc(OC)c1C(=O)NC(CCSC)C(=O)O. The predicted octanol–water partition coefficient (Wildman–Crippen LogP) is 1.64. The van der Waals surface area contributed by atoms with Crippen LogP contribution < -0.4 is 14.8 Å². The number of carbonyl (C=O) groups is 2. The van der Waals surface area contributed by atoms with Gasteiger partial charge in [0.1, 0.15) is 23.1 Å². The molecule has 7 heteroatoms. The summed E-state index contributed by atoms with van der Waals surface area (Å²) in [6.45, 7) is 0. The second-order valence-corrected chi connectivity index (χ2v) is 5.17. The highest BCUT2D eigenvalue weighted by molar-refractivity contribution is 7.98. The summed E-state index contributed by atoms with van der Waals surface area (Å²) in [5, 5.41) is 11.7. The van der Waals surface area contributed by atoms with E-state index in [2.05, 4.69) is 5.32 Å². The molecule has 1 rings (SSSR count). The summed E-state index contributed by atoms with van der Waals surface area (Å²) in [6, 6.07) is 3.99. The third-order valence-corrected chi connectivity index (χ3v) is 3.51. The smallest absolute Gasteiger partial charge is 0.326 e. The van der Waals surface area contributed by atoms with Crippen LogP contribution in [0.4, 0.5) is 0 Å². The van der Waals surface area contributed by atoms with E-state index in [1.807, 2.05) is 6.26 Å². The van der Waals surface area contributed by atoms with E-state index in [1.54, 1.807) is 18.2 Å². The Hall–Kier alpha value is -1.89. The second kappa shape index (κ2) is 8.41. The lowest BCUT2D eigenvalue weighted by atomic mass is 10.1. The molecule has 1 aromatic carbocycles. The number of hydrogen-bond donors (Lipinski definition) is 2. The van der Waals surface area contributed by atoms with E-state index in [1.165, 1.54) is 26.0 Å². The Bertz CT molecular complexity index is 484. The number of methoxy groups -OCH3 is 2. The highest BCUT2D eigenvalue weighted by Gasteiger charge is 2.24. The lowest BCUT2D eigenvalue weighted by Crippen LogP contribution is -2.41. The first-order valence-electron chi connectivity index (χ1n) is 6.28. The first kappa shape index (κ1) is 17.2. The third kappa shape index (κ3) is 4.56. The fourth-order valence-corrected chi connectivity index (χ4v) is 2.27. The van der Waals surface area contributed by atoms with Crippen LogP contribution in [-0.4, -0.2) is 49.3 Å². The van der Waals surface area contributed by atoms with Gasteiger partial charge in [0.05, 0.1) is 14.2 Å². The van der Waals surface area contributed by atoms with Crippen molar-refractivity contribution < 1.29 is 24.2 Å². The number of carboxylic acids is 1. The maximum Gasteiger partial charge on any atom is 0.326 e. The zero-order valence-electron chi connectivity index (χ0n) is 12.2. The molecule has 116 valence electrons. The van der Waals surface area contributed by atoms with Crippen LogP contribution in [0, 0.1) is 0 Å². The zero-order valence-corrected chi connectivity index (χ0v) is 13.0. The van der Waals surface area contributed by atoms with E-state index < -0.39 is 17.9 Å². The number of carbonyl (C=O) groups excluding carboxylic acids is 1. The van der Waals surface area contributed by atoms with E-state index >= 15 is 0 Å². The molecule has 0 spiro atoms. The lowest BCUT2D eigenvalue weighted by molar-refractivity contribution is -0.139. The number of nitrogens with one attached hydrogen (secondary N) is 1. The summed E-state index contributed by atoms with van der Waals surface area (Å²) in [4.78, 5) is 23.5. The van der Waals surface area contributed by atoms with Gasteiger partial charge in [-0.2, -0.15) is 11.8 Å². The highest BCUT2D eigenvalue weighted by atomic mass is 32.2. The number of hydrogen-bond acceptors (Lipinski definition) is 5. The van der Waals surface area contributed by atoms with Crippen LogP contribution in [0.25, 0.3) is 0 Å². The van der Waals surface area contributed by atoms with E-state index in [-0.39, 0.29) is 5.56 Å². The molecule has 0 bridgehead atoms. The summed E-state index contributed by atoms with van der Waals surface area (Å²) in [5.41, 5.74) is 0.193. The van der Waals surface area contributed by atoms with E-state index in [9.17, 15) is 9.59 Å². The first-order valence-corrected chi connectivity index (χ1v) is 7.68. The molecule has 21 heavy (non-hydrogen) atoms. The molecule has 1 unspecified atom stereocenters. The second-order valence-electron chi connectivity index (χ2n) is 4.18. The normalized spacial score (nSPS) is 11.6. The molecule has 0 aromatic heterocycles. The molecular formula is C14H19NO5S. The molecule has 0 aliphatic rings. The molecule has 0 aliphatic carbocycles. The summed E-state index contributed by atoms with van der Waals surface area (Å²) in [6.07, 6.45) is 2.23. The molecular weight excluding hydrogens is 294 g/mol. The van der Waals surface area contributed by atoms with Crippen LogP contribution in [0.3, 0.4) is 0 Å². The van der Waals surface area contributed by atoms with Crippen molar-refractivity contribution in [3.05, 3.63) is 23.8 Å². The summed E-state index contributed by atoms with van der Waals surface area (Å²) >= 11 is 1.52. The predicted molar refractivity (Wildman–Crippen MR) is 81.4 cm³/mol. The molecule has 0 saturated heterocycles. The Morgan fingerprint density at radius 2 is 1.86 bits per heavy atom. The third-order valence-electron chi connectivity index (χ3n) is 2.87. The fourth-order valence-electron chi connectivity index (χ4n) is 1.80. The van der Waals surface area contributed by atoms with Crippen LogP contribution in [0.15, 0.2) is 18.2 Å². The van der Waals surface area contributed by atoms with Crippen LogP contribution in [0.5, 0.6) is 11.5 Å². The van der Waals surface area contributed by atoms with Crippen LogP contribution >= 0.6 is 11.8 Å². The van der Waals surface area contributed by atoms with Crippen molar-refractivity contribution in [2.45, 2.75) is 12.5 Å². The van der Waals surface area contributed by atoms with Crippen LogP contribution in [0.2, 0.25) is 0 Å². The van der Waals surface area contributed by atoms with Gasteiger partial charge in [0.2, 0.25) is 0 Å². The van der Waals surface area contributed by atoms with E-state index in [0.29, 0.717) is 23.7 Å². The van der Waals surface area contributed by atoms with Gasteiger partial charge >= 0.3 is 5.97 Å². The molecule has 1 aromatic rings. The van der Waals surface area contributed by atoms with Gasteiger partial charge in [0.15, 0.2) is 0 Å². The molecule has 0 radical (unpaired) electrons. The Kier molecular flexibility index (Phi) is 6.87. The molecule has 0 fully saturated rings. The van der Waals surface area contributed by atoms with Crippen LogP contribution in [0.1, 0.15) is 16.8 Å². The average Bonchev–Trinajstić information content (AvgIpc) is 2.49. The maximum absolute atomic E-state index is 12.3. The van der Waals surface area contributed by atoms with Crippen LogP contribution in [-0.2, 0) is 4.79 Å². The minimum absolute atomic E-state index is 0.193. The Morgan fingerprint density at radius 1 is 1.29 bits per heavy atom. The molecule has 0 aliphatic heterocycles. The number of amides is 1. The molecule has 0 saturated carbocycles. The molecule has 6 nitrogen and oxygen atoms in total. The maximum atomic E-state index is 12.3. The quantitative estimate of drug-likeness (QED) is 0.759. The topological polar surface area (TPSA) is 84.9 Å². The van der Waals surface area contributed by atoms with E-state index in [4.69, 9.17) is 14.6 Å². The average molecular weight is 313 g/mol. The summed E-state index contributed by atoms with van der Waals surface area (Å²) in [5.74, 6) is -0.286.